The molecule has 1 aromatic carbocycles. The van der Waals surface area contributed by atoms with Crippen LogP contribution < -0.4 is 10.8 Å². The fourth-order valence-corrected chi connectivity index (χ4v) is 6.56. The summed E-state index contributed by atoms with van der Waals surface area (Å²) in [5.74, 6) is 0.372. The van der Waals surface area contributed by atoms with Gasteiger partial charge in [0, 0.05) is 12.3 Å². The predicted molar refractivity (Wildman–Crippen MR) is 155 cm³/mol. The van der Waals surface area contributed by atoms with Crippen LogP contribution in [0.2, 0.25) is 0 Å². The molecule has 3 aromatic rings. The van der Waals surface area contributed by atoms with Crippen molar-refractivity contribution in [3.8, 4) is 0 Å². The molecule has 1 aliphatic rings. The summed E-state index contributed by atoms with van der Waals surface area (Å²) >= 11 is 7.73. The molecular weight excluding hydrogens is 595 g/mol. The Morgan fingerprint density at radius 3 is 2.73 bits per heavy atom. The molecule has 0 saturated carbocycles. The number of aliphatic hydroxyl groups excluding tert-OH is 2. The number of rotatable bonds is 13. The Labute approximate surface area is 246 Å². The Hall–Kier alpha value is -2.13. The number of aromatic nitrogens is 4. The molecule has 0 bridgehead atoms. The van der Waals surface area contributed by atoms with Gasteiger partial charge in [-0.25, -0.2) is 24.6 Å². The number of benzene rings is 1. The minimum Gasteiger partial charge on any atom is -0.395 e. The van der Waals surface area contributed by atoms with Crippen molar-refractivity contribution in [1.82, 2.24) is 24.6 Å². The lowest BCUT2D eigenvalue weighted by molar-refractivity contribution is -0.119. The lowest BCUT2D eigenvalue weighted by Gasteiger charge is -2.26. The predicted octanol–water partition coefficient (Wildman–Crippen LogP) is 2.87. The smallest absolute Gasteiger partial charge is 0.395 e. The van der Waals surface area contributed by atoms with Crippen molar-refractivity contribution in [2.45, 2.75) is 50.6 Å². The van der Waals surface area contributed by atoms with Crippen LogP contribution in [0.4, 0.5) is 5.82 Å². The van der Waals surface area contributed by atoms with Gasteiger partial charge in [0.15, 0.2) is 22.8 Å². The van der Waals surface area contributed by atoms with E-state index in [-0.39, 0.29) is 43.1 Å². The molecule has 1 aliphatic heterocycles. The minimum atomic E-state index is -3.95. The number of halogens is 1. The molecule has 3 heterocycles. The van der Waals surface area contributed by atoms with Gasteiger partial charge in [0.25, 0.3) is 0 Å². The normalized spacial score (nSPS) is 24.5. The van der Waals surface area contributed by atoms with Gasteiger partial charge in [0.2, 0.25) is 0 Å². The molecule has 0 aliphatic carbocycles. The van der Waals surface area contributed by atoms with Gasteiger partial charge in [-0.1, -0.05) is 42.1 Å². The first-order valence-electron chi connectivity index (χ1n) is 12.8. The average Bonchev–Trinajstić information content (AvgIpc) is 3.48. The van der Waals surface area contributed by atoms with E-state index in [0.29, 0.717) is 11.2 Å². The molecule has 4 rings (SSSR count). The molecule has 224 valence electrons. The number of nitrogens with zero attached hydrogens (tertiary/aromatic N) is 4. The highest BCUT2D eigenvalue weighted by Gasteiger charge is 2.54. The Bertz CT molecular complexity index is 1400. The van der Waals surface area contributed by atoms with Gasteiger partial charge in [0.05, 0.1) is 31.6 Å². The third kappa shape index (κ3) is 7.27. The van der Waals surface area contributed by atoms with Gasteiger partial charge in [0.1, 0.15) is 28.9 Å². The second-order valence-corrected chi connectivity index (χ2v) is 14.0. The first kappa shape index (κ1) is 31.8. The number of fused-ring (bicyclic) bond motifs is 1. The molecule has 16 heteroatoms. The van der Waals surface area contributed by atoms with Crippen LogP contribution in [0.3, 0.4) is 0 Å². The summed E-state index contributed by atoms with van der Waals surface area (Å²) in [5, 5.41) is 23.1. The molecule has 5 atom stereocenters. The number of hydrogen-bond acceptors (Lipinski definition) is 12. The number of nitrogens with two attached hydrogens (primary N) is 1. The van der Waals surface area contributed by atoms with Crippen molar-refractivity contribution in [3.63, 3.8) is 0 Å². The second kappa shape index (κ2) is 13.0. The van der Waals surface area contributed by atoms with Gasteiger partial charge in [-0.2, -0.15) is 0 Å². The summed E-state index contributed by atoms with van der Waals surface area (Å²) in [4.78, 5) is 23.4. The van der Waals surface area contributed by atoms with E-state index < -0.39 is 36.5 Å². The van der Waals surface area contributed by atoms with Crippen molar-refractivity contribution in [2.24, 2.45) is 5.41 Å². The molecule has 41 heavy (non-hydrogen) atoms. The zero-order chi connectivity index (χ0) is 29.8. The van der Waals surface area contributed by atoms with Crippen LogP contribution in [0.5, 0.6) is 0 Å². The van der Waals surface area contributed by atoms with Crippen molar-refractivity contribution in [3.05, 3.63) is 48.5 Å². The van der Waals surface area contributed by atoms with Gasteiger partial charge in [-0.15, -0.1) is 11.6 Å². The Morgan fingerprint density at radius 1 is 1.29 bits per heavy atom. The van der Waals surface area contributed by atoms with Gasteiger partial charge in [-0.05, 0) is 26.3 Å². The quantitative estimate of drug-likeness (QED) is 0.123. The number of ether oxygens (including phenoxy) is 1. The first-order chi connectivity index (χ1) is 19.4. The van der Waals surface area contributed by atoms with Crippen LogP contribution in [0.15, 0.2) is 43.0 Å². The van der Waals surface area contributed by atoms with Gasteiger partial charge < -0.3 is 20.7 Å². The van der Waals surface area contributed by atoms with E-state index in [1.54, 1.807) is 25.3 Å². The SMILES string of the molecule is CC(C)(CO)C(=O)SCCOP(=O)(NCc1ccccc1)OC[C@H]1O[C@@H](n2cnc3c(N)ncnc32)[C@](C)(Cl)C1O. The molecule has 0 radical (unpaired) electrons. The zero-order valence-electron chi connectivity index (χ0n) is 22.8. The minimum absolute atomic E-state index is 0.0803. The molecule has 2 aromatic heterocycles. The standard InChI is InChI=1S/C25H34ClN6O7PS/c1-24(2,13-33)23(35)41-10-9-37-40(36,31-11-16-7-5-4-6-8-16)38-12-17-19(34)25(3,26)22(39-17)32-15-30-18-20(27)28-14-29-21(18)32/h4-8,14-15,17,19,22,33-34H,9-13H2,1-3H3,(H,31,36)(H2,27,28,29)/t17-,19?,22-,25-,40?/m1/s1. The summed E-state index contributed by atoms with van der Waals surface area (Å²) in [5.41, 5.74) is 6.57. The van der Waals surface area contributed by atoms with Crippen LogP contribution in [0, 0.1) is 5.41 Å². The first-order valence-corrected chi connectivity index (χ1v) is 15.7. The van der Waals surface area contributed by atoms with Crippen LogP contribution in [-0.2, 0) is 29.7 Å². The summed E-state index contributed by atoms with van der Waals surface area (Å²) in [6, 6.07) is 9.25. The van der Waals surface area contributed by atoms with E-state index in [0.717, 1.165) is 17.3 Å². The van der Waals surface area contributed by atoms with Gasteiger partial charge >= 0.3 is 7.75 Å². The monoisotopic (exact) mass is 628 g/mol. The van der Waals surface area contributed by atoms with Gasteiger partial charge in [-0.3, -0.25) is 18.4 Å². The molecule has 0 amide bonds. The van der Waals surface area contributed by atoms with Crippen LogP contribution >= 0.6 is 31.1 Å². The number of thioether (sulfide) groups is 1. The molecule has 13 nitrogen and oxygen atoms in total. The number of carbonyl (C=O) groups excluding carboxylic acids is 1. The van der Waals surface area contributed by atoms with Crippen LogP contribution in [-0.4, -0.2) is 77.5 Å². The van der Waals surface area contributed by atoms with Crippen molar-refractivity contribution < 1.29 is 33.4 Å². The fraction of sp³-hybridized carbons (Fsp3) is 0.520. The molecule has 1 fully saturated rings. The molecule has 2 unspecified atom stereocenters. The Kier molecular flexibility index (Phi) is 10.1. The van der Waals surface area contributed by atoms with Crippen molar-refractivity contribution >= 4 is 53.2 Å². The summed E-state index contributed by atoms with van der Waals surface area (Å²) in [6.45, 7) is 4.35. The fourth-order valence-electron chi connectivity index (χ4n) is 4.03. The Balaban J connectivity index is 1.44. The average molecular weight is 629 g/mol. The van der Waals surface area contributed by atoms with E-state index >= 15 is 0 Å². The Morgan fingerprint density at radius 2 is 2.02 bits per heavy atom. The third-order valence-corrected chi connectivity index (χ3v) is 9.76. The van der Waals surface area contributed by atoms with E-state index in [9.17, 15) is 19.6 Å². The maximum absolute atomic E-state index is 13.7. The third-order valence-electron chi connectivity index (χ3n) is 6.61. The number of aliphatic hydroxyl groups is 2. The number of nitrogen functional groups attached to an aromatic ring is 1. The number of anilines is 1. The lowest BCUT2D eigenvalue weighted by atomic mass is 9.97. The molecule has 1 saturated heterocycles. The maximum atomic E-state index is 13.7. The van der Waals surface area contributed by atoms with Crippen LogP contribution in [0.25, 0.3) is 11.2 Å². The number of imidazole rings is 1. The van der Waals surface area contributed by atoms with E-state index in [1.807, 2.05) is 30.3 Å². The summed E-state index contributed by atoms with van der Waals surface area (Å²) < 4.78 is 32.7. The second-order valence-electron chi connectivity index (χ2n) is 10.3. The summed E-state index contributed by atoms with van der Waals surface area (Å²) in [6.07, 6.45) is -0.403. The highest BCUT2D eigenvalue weighted by Crippen LogP contribution is 2.48. The van der Waals surface area contributed by atoms with Crippen LogP contribution in [0.1, 0.15) is 32.6 Å². The molecule has 0 spiro atoms. The van der Waals surface area contributed by atoms with E-state index in [4.69, 9.17) is 31.1 Å². The molecule has 5 N–H and O–H groups in total. The summed E-state index contributed by atoms with van der Waals surface area (Å²) in [7, 11) is -3.95. The zero-order valence-corrected chi connectivity index (χ0v) is 25.3. The van der Waals surface area contributed by atoms with E-state index in [1.165, 1.54) is 12.7 Å². The van der Waals surface area contributed by atoms with E-state index in [2.05, 4.69) is 20.0 Å². The topological polar surface area (TPSA) is 184 Å². The molecular formula is C25H34ClN6O7PS. The van der Waals surface area contributed by atoms with Crippen molar-refractivity contribution in [2.75, 3.05) is 31.3 Å². The number of alkyl halides is 1. The highest BCUT2D eigenvalue weighted by atomic mass is 35.5. The number of hydrogen-bond donors (Lipinski definition) is 4. The lowest BCUT2D eigenvalue weighted by Crippen LogP contribution is -2.40. The highest BCUT2D eigenvalue weighted by molar-refractivity contribution is 8.13. The number of nitrogens with one attached hydrogen (secondary N) is 1. The maximum Gasteiger partial charge on any atom is 0.405 e. The largest absolute Gasteiger partial charge is 0.405 e. The number of carbonyl (C=O) groups is 1. The van der Waals surface area contributed by atoms with Crippen molar-refractivity contribution in [1.29, 1.82) is 0 Å².